The van der Waals surface area contributed by atoms with Crippen LogP contribution >= 0.6 is 0 Å². The Morgan fingerprint density at radius 2 is 1.95 bits per heavy atom. The van der Waals surface area contributed by atoms with Gasteiger partial charge in [-0.15, -0.1) is 0 Å². The van der Waals surface area contributed by atoms with E-state index in [1.54, 1.807) is 6.92 Å². The van der Waals surface area contributed by atoms with E-state index in [2.05, 4.69) is 24.6 Å². The molecule has 2 aromatic rings. The van der Waals surface area contributed by atoms with Crippen molar-refractivity contribution in [1.82, 2.24) is 4.57 Å². The van der Waals surface area contributed by atoms with Crippen molar-refractivity contribution in [3.63, 3.8) is 0 Å². The largest absolute Gasteiger partial charge is 0.348 e. The number of benzene rings is 1. The highest BCUT2D eigenvalue weighted by Gasteiger charge is 2.24. The van der Waals surface area contributed by atoms with Gasteiger partial charge in [0.15, 0.2) is 5.78 Å². The lowest BCUT2D eigenvalue weighted by molar-refractivity contribution is 0.101. The summed E-state index contributed by atoms with van der Waals surface area (Å²) < 4.78 is 2.25. The molecule has 0 spiro atoms. The number of aromatic nitrogens is 1. The molecule has 0 radical (unpaired) electrons. The van der Waals surface area contributed by atoms with Crippen LogP contribution in [0.4, 0.5) is 0 Å². The first-order valence-electron chi connectivity index (χ1n) is 7.19. The number of hydrogen-bond donors (Lipinski definition) is 0. The minimum Gasteiger partial charge on any atom is -0.348 e. The first kappa shape index (κ1) is 12.5. The number of Topliss-reactive ketones (excluding diaryl/α,β-unsaturated/α-hetero) is 1. The van der Waals surface area contributed by atoms with Crippen LogP contribution < -0.4 is 0 Å². The van der Waals surface area contributed by atoms with E-state index in [1.165, 1.54) is 47.8 Å². The number of carbonyl (C=O) groups is 1. The molecule has 1 aromatic heterocycles. The van der Waals surface area contributed by atoms with Gasteiger partial charge in [-0.05, 0) is 44.2 Å². The maximum absolute atomic E-state index is 11.5. The average molecular weight is 255 g/mol. The summed E-state index contributed by atoms with van der Waals surface area (Å²) in [5.74, 6) is 0.857. The van der Waals surface area contributed by atoms with Gasteiger partial charge in [-0.1, -0.05) is 25.0 Å². The molecule has 1 aromatic carbocycles. The quantitative estimate of drug-likeness (QED) is 0.731. The van der Waals surface area contributed by atoms with E-state index in [4.69, 9.17) is 0 Å². The Morgan fingerprint density at radius 1 is 1.26 bits per heavy atom. The van der Waals surface area contributed by atoms with Gasteiger partial charge in [0.2, 0.25) is 0 Å². The monoisotopic (exact) mass is 255 g/mol. The van der Waals surface area contributed by atoms with Gasteiger partial charge in [0.25, 0.3) is 0 Å². The minimum absolute atomic E-state index is 0.142. The molecule has 1 aliphatic rings. The lowest BCUT2D eigenvalue weighted by Gasteiger charge is -2.10. The van der Waals surface area contributed by atoms with Gasteiger partial charge in [-0.3, -0.25) is 4.79 Å². The number of hydrogen-bond acceptors (Lipinski definition) is 1. The molecule has 1 heterocycles. The Hall–Kier alpha value is -1.57. The highest BCUT2D eigenvalue weighted by atomic mass is 16.1. The van der Waals surface area contributed by atoms with Gasteiger partial charge in [0.05, 0.1) is 0 Å². The number of aryl methyl sites for hydroxylation is 1. The fourth-order valence-electron chi connectivity index (χ4n) is 3.54. The number of ketones is 1. The molecule has 0 atom stereocenters. The summed E-state index contributed by atoms with van der Waals surface area (Å²) in [6.45, 7) is 3.84. The number of carbonyl (C=O) groups excluding carboxylic acids is 1. The molecule has 2 heteroatoms. The van der Waals surface area contributed by atoms with Crippen LogP contribution in [-0.4, -0.2) is 10.4 Å². The predicted octanol–water partition coefficient (Wildman–Crippen LogP) is 4.35. The summed E-state index contributed by atoms with van der Waals surface area (Å²) in [5.41, 5.74) is 4.89. The van der Waals surface area contributed by atoms with Gasteiger partial charge in [-0.25, -0.2) is 0 Å². The Labute approximate surface area is 114 Å². The summed E-state index contributed by atoms with van der Waals surface area (Å²) in [4.78, 5) is 11.5. The van der Waals surface area contributed by atoms with Crippen LogP contribution in [-0.2, 0) is 7.05 Å². The molecule has 0 aliphatic heterocycles. The zero-order chi connectivity index (χ0) is 13.6. The zero-order valence-corrected chi connectivity index (χ0v) is 12.0. The van der Waals surface area contributed by atoms with Crippen LogP contribution in [0.2, 0.25) is 0 Å². The van der Waals surface area contributed by atoms with Crippen LogP contribution in [0.15, 0.2) is 18.2 Å². The maximum atomic E-state index is 11.5. The van der Waals surface area contributed by atoms with E-state index in [1.807, 2.05) is 12.1 Å². The topological polar surface area (TPSA) is 22.0 Å². The second kappa shape index (κ2) is 4.52. The van der Waals surface area contributed by atoms with Crippen LogP contribution in [0.5, 0.6) is 0 Å². The molecule has 100 valence electrons. The molecule has 19 heavy (non-hydrogen) atoms. The van der Waals surface area contributed by atoms with Crippen molar-refractivity contribution in [1.29, 1.82) is 0 Å². The molecule has 0 saturated heterocycles. The van der Waals surface area contributed by atoms with Gasteiger partial charge in [0, 0.05) is 29.2 Å². The summed E-state index contributed by atoms with van der Waals surface area (Å²) in [7, 11) is 2.11. The smallest absolute Gasteiger partial charge is 0.159 e. The molecule has 0 unspecified atom stereocenters. The molecule has 2 nitrogen and oxygen atoms in total. The first-order valence-corrected chi connectivity index (χ1v) is 7.19. The molecule has 0 amide bonds. The van der Waals surface area contributed by atoms with Crippen LogP contribution in [0.1, 0.15) is 60.1 Å². The van der Waals surface area contributed by atoms with Gasteiger partial charge in [0.1, 0.15) is 0 Å². The van der Waals surface area contributed by atoms with E-state index in [0.29, 0.717) is 5.92 Å². The third kappa shape index (κ3) is 1.90. The van der Waals surface area contributed by atoms with Crippen molar-refractivity contribution < 1.29 is 4.79 Å². The zero-order valence-electron chi connectivity index (χ0n) is 12.0. The fourth-order valence-corrected chi connectivity index (χ4v) is 3.54. The maximum Gasteiger partial charge on any atom is 0.159 e. The molecule has 1 aliphatic carbocycles. The summed E-state index contributed by atoms with van der Waals surface area (Å²) in [6, 6.07) is 6.17. The Kier molecular flexibility index (Phi) is 2.96. The summed E-state index contributed by atoms with van der Waals surface area (Å²) >= 11 is 0. The minimum atomic E-state index is 0.142. The molecule has 1 saturated carbocycles. The lowest BCUT2D eigenvalue weighted by Crippen LogP contribution is -1.96. The van der Waals surface area contributed by atoms with E-state index in [9.17, 15) is 4.79 Å². The summed E-state index contributed by atoms with van der Waals surface area (Å²) in [6.07, 6.45) is 5.33. The van der Waals surface area contributed by atoms with Crippen LogP contribution in [0, 0.1) is 6.92 Å². The lowest BCUT2D eigenvalue weighted by atomic mass is 9.94. The third-order valence-corrected chi connectivity index (χ3v) is 4.71. The van der Waals surface area contributed by atoms with E-state index < -0.39 is 0 Å². The van der Waals surface area contributed by atoms with Crippen LogP contribution in [0.3, 0.4) is 0 Å². The second-order valence-electron chi connectivity index (χ2n) is 5.83. The molecule has 0 N–H and O–H groups in total. The van der Waals surface area contributed by atoms with Crippen LogP contribution in [0.25, 0.3) is 10.9 Å². The highest BCUT2D eigenvalue weighted by molar-refractivity contribution is 5.99. The van der Waals surface area contributed by atoms with Crippen molar-refractivity contribution in [2.75, 3.05) is 0 Å². The molecular weight excluding hydrogens is 234 g/mol. The number of rotatable bonds is 2. The molecule has 0 bridgehead atoms. The normalized spacial score (nSPS) is 16.4. The van der Waals surface area contributed by atoms with Crippen molar-refractivity contribution in [3.05, 3.63) is 35.0 Å². The van der Waals surface area contributed by atoms with Gasteiger partial charge < -0.3 is 4.57 Å². The van der Waals surface area contributed by atoms with Crippen molar-refractivity contribution in [2.45, 2.75) is 45.4 Å². The molecular formula is C17H21NO. The van der Waals surface area contributed by atoms with E-state index in [0.717, 1.165) is 5.56 Å². The van der Waals surface area contributed by atoms with Gasteiger partial charge >= 0.3 is 0 Å². The van der Waals surface area contributed by atoms with Gasteiger partial charge in [-0.2, -0.15) is 0 Å². The second-order valence-corrected chi connectivity index (χ2v) is 5.83. The number of fused-ring (bicyclic) bond motifs is 1. The SMILES string of the molecule is CC(=O)c1ccc2c(C3CCCC3)c(C)n(C)c2c1. The van der Waals surface area contributed by atoms with E-state index >= 15 is 0 Å². The van der Waals surface area contributed by atoms with Crippen molar-refractivity contribution in [2.24, 2.45) is 7.05 Å². The summed E-state index contributed by atoms with van der Waals surface area (Å²) in [5, 5.41) is 1.34. The van der Waals surface area contributed by atoms with Crippen molar-refractivity contribution in [3.8, 4) is 0 Å². The Bertz CT molecular complexity index is 645. The predicted molar refractivity (Wildman–Crippen MR) is 78.9 cm³/mol. The third-order valence-electron chi connectivity index (χ3n) is 4.71. The standard InChI is InChI=1S/C17H21NO/c1-11-17(13-6-4-5-7-13)15-9-8-14(12(2)19)10-16(15)18(11)3/h8-10,13H,4-7H2,1-3H3. The Morgan fingerprint density at radius 3 is 2.58 bits per heavy atom. The van der Waals surface area contributed by atoms with E-state index in [-0.39, 0.29) is 5.78 Å². The first-order chi connectivity index (χ1) is 9.09. The molecule has 3 rings (SSSR count). The highest BCUT2D eigenvalue weighted by Crippen LogP contribution is 2.40. The fraction of sp³-hybridized carbons (Fsp3) is 0.471. The Balaban J connectivity index is 2.22. The molecule has 1 fully saturated rings. The van der Waals surface area contributed by atoms with Crippen molar-refractivity contribution >= 4 is 16.7 Å². The average Bonchev–Trinajstić information content (AvgIpc) is 2.98. The number of nitrogens with zero attached hydrogens (tertiary/aromatic N) is 1.